The summed E-state index contributed by atoms with van der Waals surface area (Å²) in [6, 6.07) is 0. The van der Waals surface area contributed by atoms with Crippen LogP contribution in [-0.2, 0) is 4.79 Å². The molecule has 0 aliphatic carbocycles. The second kappa shape index (κ2) is 19.2. The predicted octanol–water partition coefficient (Wildman–Crippen LogP) is 2.94. The van der Waals surface area contributed by atoms with Crippen LogP contribution >= 0.6 is 12.4 Å². The second-order valence-corrected chi connectivity index (χ2v) is 5.13. The molecule has 0 aromatic heterocycles. The zero-order valence-electron chi connectivity index (χ0n) is 13.4. The van der Waals surface area contributed by atoms with Gasteiger partial charge in [0.05, 0.1) is 6.34 Å². The maximum Gasteiger partial charge on any atom is 0.219 e. The van der Waals surface area contributed by atoms with Gasteiger partial charge < -0.3 is 10.7 Å². The Morgan fingerprint density at radius 3 is 2.38 bits per heavy atom. The Balaban J connectivity index is 0. The Morgan fingerprint density at radius 1 is 1.05 bits per heavy atom. The highest BCUT2D eigenvalue weighted by molar-refractivity contribution is 5.85. The van der Waals surface area contributed by atoms with E-state index in [1.807, 2.05) is 0 Å². The molecule has 21 heavy (non-hydrogen) atoms. The summed E-state index contributed by atoms with van der Waals surface area (Å²) in [4.78, 5) is 15.6. The Morgan fingerprint density at radius 2 is 1.71 bits per heavy atom. The molecule has 0 unspecified atom stereocenters. The number of nitrogens with one attached hydrogen (secondary N) is 2. The Bertz CT molecular complexity index is 250. The van der Waals surface area contributed by atoms with Crippen molar-refractivity contribution in [2.45, 2.75) is 71.1 Å². The summed E-state index contributed by atoms with van der Waals surface area (Å²) in [5, 5.41) is 2.95. The number of aliphatic imine (C=N–C) groups is 1. The van der Waals surface area contributed by atoms with E-state index in [9.17, 15) is 4.79 Å². The molecule has 0 radical (unpaired) electrons. The molecule has 0 aliphatic rings. The first-order valence-electron chi connectivity index (χ1n) is 8.02. The van der Waals surface area contributed by atoms with Crippen LogP contribution in [-0.4, -0.2) is 25.3 Å². The van der Waals surface area contributed by atoms with Gasteiger partial charge in [-0.15, -0.1) is 12.4 Å². The van der Waals surface area contributed by atoms with Crippen LogP contribution in [0.3, 0.4) is 0 Å². The Hall–Kier alpha value is -0.810. The van der Waals surface area contributed by atoms with Gasteiger partial charge in [-0.05, 0) is 19.3 Å². The molecule has 0 aromatic carbocycles. The van der Waals surface area contributed by atoms with Crippen molar-refractivity contribution in [2.75, 3.05) is 13.1 Å². The molecule has 0 aliphatic heterocycles. The first-order valence-corrected chi connectivity index (χ1v) is 8.02. The van der Waals surface area contributed by atoms with Crippen molar-refractivity contribution in [1.82, 2.24) is 10.7 Å². The lowest BCUT2D eigenvalue weighted by Crippen LogP contribution is -2.24. The summed E-state index contributed by atoms with van der Waals surface area (Å²) in [5.41, 5.74) is 2.36. The van der Waals surface area contributed by atoms with Gasteiger partial charge in [0, 0.05) is 19.5 Å². The first-order chi connectivity index (χ1) is 9.81. The van der Waals surface area contributed by atoms with Gasteiger partial charge in [0.15, 0.2) is 0 Å². The number of rotatable bonds is 14. The summed E-state index contributed by atoms with van der Waals surface area (Å²) in [7, 11) is 0. The fourth-order valence-corrected chi connectivity index (χ4v) is 2.00. The van der Waals surface area contributed by atoms with E-state index in [4.69, 9.17) is 5.84 Å². The number of hydrogen-bond donors (Lipinski definition) is 3. The Labute approximate surface area is 135 Å². The van der Waals surface area contributed by atoms with E-state index < -0.39 is 0 Å². The van der Waals surface area contributed by atoms with Crippen LogP contribution in [0.5, 0.6) is 0 Å². The number of carbonyl (C=O) groups excluding carboxylic acids is 1. The van der Waals surface area contributed by atoms with E-state index in [-0.39, 0.29) is 18.3 Å². The van der Waals surface area contributed by atoms with Gasteiger partial charge in [0.1, 0.15) is 0 Å². The van der Waals surface area contributed by atoms with Crippen molar-refractivity contribution in [3.8, 4) is 0 Å². The highest BCUT2D eigenvalue weighted by atomic mass is 35.5. The lowest BCUT2D eigenvalue weighted by molar-refractivity contribution is -0.121. The third kappa shape index (κ3) is 19.2. The number of halogens is 1. The van der Waals surface area contributed by atoms with Crippen molar-refractivity contribution < 1.29 is 4.79 Å². The molecular formula is C15H33ClN4O. The minimum Gasteiger partial charge on any atom is -0.356 e. The normalized spacial score (nSPS) is 10.4. The summed E-state index contributed by atoms with van der Waals surface area (Å²) in [5.74, 6) is 5.23. The van der Waals surface area contributed by atoms with E-state index in [1.54, 1.807) is 0 Å². The number of unbranched alkanes of at least 4 members (excludes halogenated alkanes) is 7. The zero-order chi connectivity index (χ0) is 14.9. The standard InChI is InChI=1S/C15H32N4O.ClH/c1-2-3-4-5-6-7-8-11-15(20)18-13-10-9-12-17-14-19-16;/h14H,2-13,16H2,1H3,(H,17,19)(H,18,20);1H. The van der Waals surface area contributed by atoms with E-state index in [0.29, 0.717) is 6.42 Å². The lowest BCUT2D eigenvalue weighted by Gasteiger charge is -2.04. The van der Waals surface area contributed by atoms with Crippen LogP contribution in [0.2, 0.25) is 0 Å². The molecule has 0 spiro atoms. The first kappa shape index (κ1) is 22.5. The molecule has 6 heteroatoms. The largest absolute Gasteiger partial charge is 0.356 e. The monoisotopic (exact) mass is 320 g/mol. The molecule has 0 fully saturated rings. The van der Waals surface area contributed by atoms with Gasteiger partial charge in [-0.1, -0.05) is 45.4 Å². The van der Waals surface area contributed by atoms with Crippen molar-refractivity contribution in [1.29, 1.82) is 0 Å². The second-order valence-electron chi connectivity index (χ2n) is 5.13. The molecule has 0 saturated carbocycles. The van der Waals surface area contributed by atoms with Gasteiger partial charge >= 0.3 is 0 Å². The summed E-state index contributed by atoms with van der Waals surface area (Å²) < 4.78 is 0. The molecule has 0 bridgehead atoms. The van der Waals surface area contributed by atoms with Crippen LogP contribution in [0.4, 0.5) is 0 Å². The van der Waals surface area contributed by atoms with E-state index in [2.05, 4.69) is 22.7 Å². The molecule has 4 N–H and O–H groups in total. The average Bonchev–Trinajstić information content (AvgIpc) is 2.45. The van der Waals surface area contributed by atoms with Crippen molar-refractivity contribution in [2.24, 2.45) is 10.8 Å². The zero-order valence-corrected chi connectivity index (χ0v) is 14.2. The molecule has 0 atom stereocenters. The summed E-state index contributed by atoms with van der Waals surface area (Å²) in [6.45, 7) is 3.73. The molecule has 5 nitrogen and oxygen atoms in total. The van der Waals surface area contributed by atoms with Crippen LogP contribution in [0.1, 0.15) is 71.1 Å². The summed E-state index contributed by atoms with van der Waals surface area (Å²) >= 11 is 0. The number of hydrogen-bond acceptors (Lipinski definition) is 3. The third-order valence-electron chi connectivity index (χ3n) is 3.21. The molecule has 126 valence electrons. The average molecular weight is 321 g/mol. The number of nitrogens with two attached hydrogens (primary N) is 1. The third-order valence-corrected chi connectivity index (χ3v) is 3.21. The number of carbonyl (C=O) groups is 1. The molecule has 0 saturated heterocycles. The van der Waals surface area contributed by atoms with E-state index >= 15 is 0 Å². The van der Waals surface area contributed by atoms with Crippen molar-refractivity contribution in [3.05, 3.63) is 0 Å². The number of nitrogens with zero attached hydrogens (tertiary/aromatic N) is 1. The molecule has 1 amide bonds. The van der Waals surface area contributed by atoms with E-state index in [0.717, 1.165) is 32.4 Å². The van der Waals surface area contributed by atoms with Gasteiger partial charge in [-0.2, -0.15) is 0 Å². The fraction of sp³-hybridized carbons (Fsp3) is 0.867. The maximum atomic E-state index is 11.5. The molecule has 0 heterocycles. The van der Waals surface area contributed by atoms with Gasteiger partial charge in [0.2, 0.25) is 5.91 Å². The fourth-order valence-electron chi connectivity index (χ4n) is 2.00. The highest BCUT2D eigenvalue weighted by Crippen LogP contribution is 2.08. The topological polar surface area (TPSA) is 79.5 Å². The van der Waals surface area contributed by atoms with Gasteiger partial charge in [0.25, 0.3) is 0 Å². The summed E-state index contributed by atoms with van der Waals surface area (Å²) in [6.07, 6.45) is 12.8. The van der Waals surface area contributed by atoms with Crippen LogP contribution in [0.25, 0.3) is 0 Å². The Kier molecular flexibility index (Phi) is 20.5. The van der Waals surface area contributed by atoms with Gasteiger partial charge in [-0.25, -0.2) is 5.84 Å². The maximum absolute atomic E-state index is 11.5. The molecule has 0 aromatic rings. The quantitative estimate of drug-likeness (QED) is 0.151. The molecular weight excluding hydrogens is 288 g/mol. The van der Waals surface area contributed by atoms with Crippen molar-refractivity contribution in [3.63, 3.8) is 0 Å². The minimum atomic E-state index is 0. The van der Waals surface area contributed by atoms with Crippen molar-refractivity contribution >= 4 is 24.7 Å². The van der Waals surface area contributed by atoms with Crippen LogP contribution in [0, 0.1) is 0 Å². The number of hydrazine groups is 1. The van der Waals surface area contributed by atoms with Gasteiger partial charge in [-0.3, -0.25) is 9.79 Å². The van der Waals surface area contributed by atoms with Crippen LogP contribution < -0.4 is 16.6 Å². The highest BCUT2D eigenvalue weighted by Gasteiger charge is 2.00. The smallest absolute Gasteiger partial charge is 0.219 e. The lowest BCUT2D eigenvalue weighted by atomic mass is 10.1. The van der Waals surface area contributed by atoms with E-state index in [1.165, 1.54) is 44.9 Å². The molecule has 0 rings (SSSR count). The van der Waals surface area contributed by atoms with Crippen LogP contribution in [0.15, 0.2) is 4.99 Å². The minimum absolute atomic E-state index is 0. The number of amides is 1. The predicted molar refractivity (Wildman–Crippen MR) is 92.8 cm³/mol. The SMILES string of the molecule is CCCCCCCCCC(=O)NCCCCN=CNN.Cl.